The molecule has 3 heteroatoms. The summed E-state index contributed by atoms with van der Waals surface area (Å²) < 4.78 is 5.76. The van der Waals surface area contributed by atoms with Gasteiger partial charge in [0.1, 0.15) is 12.4 Å². The Hall–Kier alpha value is -0.730. The normalized spacial score (nSPS) is 16.5. The second-order valence-electron chi connectivity index (χ2n) is 5.47. The lowest BCUT2D eigenvalue weighted by Crippen LogP contribution is -2.28. The van der Waals surface area contributed by atoms with Crippen molar-refractivity contribution in [1.29, 1.82) is 0 Å². The number of ether oxygens (including phenoxy) is 1. The highest BCUT2D eigenvalue weighted by Crippen LogP contribution is 2.23. The molecule has 0 spiro atoms. The molecule has 1 N–H and O–H groups in total. The van der Waals surface area contributed by atoms with E-state index in [1.165, 1.54) is 32.1 Å². The minimum absolute atomic E-state index is 0.717. The number of hydrogen-bond acceptors (Lipinski definition) is 2. The number of rotatable bonds is 6. The van der Waals surface area contributed by atoms with Crippen LogP contribution in [0.4, 0.5) is 0 Å². The minimum Gasteiger partial charge on any atom is -0.492 e. The first kappa shape index (κ1) is 14.7. The molecule has 0 amide bonds. The molecule has 0 aromatic heterocycles. The Morgan fingerprint density at radius 1 is 1.26 bits per heavy atom. The van der Waals surface area contributed by atoms with Crippen LogP contribution in [0.1, 0.15) is 37.7 Å². The third kappa shape index (κ3) is 5.04. The second-order valence-corrected chi connectivity index (χ2v) is 5.90. The Morgan fingerprint density at radius 2 is 2.05 bits per heavy atom. The summed E-state index contributed by atoms with van der Waals surface area (Å²) in [5, 5.41) is 4.27. The van der Waals surface area contributed by atoms with Gasteiger partial charge in [-0.3, -0.25) is 0 Å². The summed E-state index contributed by atoms with van der Waals surface area (Å²) in [7, 11) is 0. The summed E-state index contributed by atoms with van der Waals surface area (Å²) in [5.74, 6) is 1.81. The van der Waals surface area contributed by atoms with Gasteiger partial charge in [0, 0.05) is 11.6 Å². The standard InChI is InChI=1S/C16H24ClNO/c1-13-11-15(17)7-8-16(13)19-10-9-18-12-14-5-3-2-4-6-14/h7-8,11,14,18H,2-6,9-10,12H2,1H3. The number of hydrogen-bond donors (Lipinski definition) is 1. The van der Waals surface area contributed by atoms with Gasteiger partial charge in [-0.1, -0.05) is 30.9 Å². The van der Waals surface area contributed by atoms with Crippen LogP contribution in [0.5, 0.6) is 5.75 Å². The van der Waals surface area contributed by atoms with Crippen molar-refractivity contribution in [2.75, 3.05) is 19.7 Å². The lowest BCUT2D eigenvalue weighted by molar-refractivity contribution is 0.293. The summed E-state index contributed by atoms with van der Waals surface area (Å²) in [6.07, 6.45) is 7.03. The molecule has 0 aliphatic heterocycles. The molecular weight excluding hydrogens is 258 g/mol. The Bertz CT molecular complexity index is 388. The summed E-state index contributed by atoms with van der Waals surface area (Å²) in [6, 6.07) is 5.75. The lowest BCUT2D eigenvalue weighted by Gasteiger charge is -2.21. The predicted octanol–water partition coefficient (Wildman–Crippen LogP) is 4.20. The zero-order valence-electron chi connectivity index (χ0n) is 11.8. The SMILES string of the molecule is Cc1cc(Cl)ccc1OCCNCC1CCCCC1. The fraction of sp³-hybridized carbons (Fsp3) is 0.625. The summed E-state index contributed by atoms with van der Waals surface area (Å²) in [6.45, 7) is 4.80. The van der Waals surface area contributed by atoms with Crippen molar-refractivity contribution in [3.8, 4) is 5.75 Å². The van der Waals surface area contributed by atoms with Crippen LogP contribution < -0.4 is 10.1 Å². The van der Waals surface area contributed by atoms with Crippen LogP contribution in [-0.4, -0.2) is 19.7 Å². The summed E-state index contributed by atoms with van der Waals surface area (Å²) in [4.78, 5) is 0. The van der Waals surface area contributed by atoms with Crippen molar-refractivity contribution in [2.24, 2.45) is 5.92 Å². The van der Waals surface area contributed by atoms with Crippen LogP contribution >= 0.6 is 11.6 Å². The van der Waals surface area contributed by atoms with E-state index in [0.29, 0.717) is 0 Å². The molecule has 0 atom stereocenters. The van der Waals surface area contributed by atoms with Crippen LogP contribution in [0, 0.1) is 12.8 Å². The maximum Gasteiger partial charge on any atom is 0.122 e. The predicted molar refractivity (Wildman–Crippen MR) is 81.1 cm³/mol. The first-order chi connectivity index (χ1) is 9.25. The van der Waals surface area contributed by atoms with Crippen LogP contribution in [0.2, 0.25) is 5.02 Å². The third-order valence-corrected chi connectivity index (χ3v) is 4.07. The molecule has 1 aromatic rings. The van der Waals surface area contributed by atoms with E-state index in [4.69, 9.17) is 16.3 Å². The van der Waals surface area contributed by atoms with Gasteiger partial charge in [0.15, 0.2) is 0 Å². The van der Waals surface area contributed by atoms with E-state index in [1.807, 2.05) is 25.1 Å². The lowest BCUT2D eigenvalue weighted by atomic mass is 9.89. The molecule has 1 fully saturated rings. The van der Waals surface area contributed by atoms with E-state index in [2.05, 4.69) is 5.32 Å². The molecule has 1 saturated carbocycles. The van der Waals surface area contributed by atoms with E-state index in [9.17, 15) is 0 Å². The average Bonchev–Trinajstić information content (AvgIpc) is 2.42. The number of benzene rings is 1. The average molecular weight is 282 g/mol. The quantitative estimate of drug-likeness (QED) is 0.789. The zero-order chi connectivity index (χ0) is 13.5. The molecular formula is C16H24ClNO. The van der Waals surface area contributed by atoms with Gasteiger partial charge in [0.05, 0.1) is 0 Å². The first-order valence-electron chi connectivity index (χ1n) is 7.35. The van der Waals surface area contributed by atoms with E-state index in [0.717, 1.165) is 41.9 Å². The molecule has 0 unspecified atom stereocenters. The number of halogens is 1. The fourth-order valence-electron chi connectivity index (χ4n) is 2.71. The highest BCUT2D eigenvalue weighted by atomic mass is 35.5. The molecule has 19 heavy (non-hydrogen) atoms. The Labute approximate surface area is 121 Å². The zero-order valence-corrected chi connectivity index (χ0v) is 12.5. The Morgan fingerprint density at radius 3 is 2.79 bits per heavy atom. The summed E-state index contributed by atoms with van der Waals surface area (Å²) in [5.41, 5.74) is 1.10. The van der Waals surface area contributed by atoms with Crippen LogP contribution in [-0.2, 0) is 0 Å². The number of aryl methyl sites for hydroxylation is 1. The third-order valence-electron chi connectivity index (χ3n) is 3.83. The second kappa shape index (κ2) is 7.76. The van der Waals surface area contributed by atoms with Gasteiger partial charge in [0.2, 0.25) is 0 Å². The van der Waals surface area contributed by atoms with Crippen molar-refractivity contribution >= 4 is 11.6 Å². The molecule has 0 radical (unpaired) electrons. The van der Waals surface area contributed by atoms with Crippen molar-refractivity contribution in [3.63, 3.8) is 0 Å². The van der Waals surface area contributed by atoms with Crippen LogP contribution in [0.3, 0.4) is 0 Å². The van der Waals surface area contributed by atoms with Crippen molar-refractivity contribution in [3.05, 3.63) is 28.8 Å². The number of nitrogens with one attached hydrogen (secondary N) is 1. The molecule has 2 nitrogen and oxygen atoms in total. The van der Waals surface area contributed by atoms with Gasteiger partial charge < -0.3 is 10.1 Å². The van der Waals surface area contributed by atoms with E-state index < -0.39 is 0 Å². The molecule has 1 aliphatic rings. The molecule has 1 aliphatic carbocycles. The molecule has 1 aromatic carbocycles. The molecule has 0 heterocycles. The van der Waals surface area contributed by atoms with Crippen molar-refractivity contribution in [1.82, 2.24) is 5.32 Å². The van der Waals surface area contributed by atoms with Gasteiger partial charge in [-0.15, -0.1) is 0 Å². The van der Waals surface area contributed by atoms with Gasteiger partial charge in [0.25, 0.3) is 0 Å². The van der Waals surface area contributed by atoms with Crippen molar-refractivity contribution in [2.45, 2.75) is 39.0 Å². The minimum atomic E-state index is 0.717. The maximum absolute atomic E-state index is 5.92. The van der Waals surface area contributed by atoms with Gasteiger partial charge in [-0.2, -0.15) is 0 Å². The van der Waals surface area contributed by atoms with Gasteiger partial charge in [-0.25, -0.2) is 0 Å². The van der Waals surface area contributed by atoms with Crippen molar-refractivity contribution < 1.29 is 4.74 Å². The topological polar surface area (TPSA) is 21.3 Å². The highest BCUT2D eigenvalue weighted by molar-refractivity contribution is 6.30. The molecule has 0 bridgehead atoms. The van der Waals surface area contributed by atoms with Crippen LogP contribution in [0.25, 0.3) is 0 Å². The Kier molecular flexibility index (Phi) is 5.99. The van der Waals surface area contributed by atoms with Crippen LogP contribution in [0.15, 0.2) is 18.2 Å². The van der Waals surface area contributed by atoms with E-state index in [1.54, 1.807) is 0 Å². The highest BCUT2D eigenvalue weighted by Gasteiger charge is 2.12. The monoisotopic (exact) mass is 281 g/mol. The molecule has 2 rings (SSSR count). The molecule has 0 saturated heterocycles. The fourth-order valence-corrected chi connectivity index (χ4v) is 2.93. The van der Waals surface area contributed by atoms with Gasteiger partial charge >= 0.3 is 0 Å². The first-order valence-corrected chi connectivity index (χ1v) is 7.73. The van der Waals surface area contributed by atoms with E-state index in [-0.39, 0.29) is 0 Å². The van der Waals surface area contributed by atoms with E-state index >= 15 is 0 Å². The Balaban J connectivity index is 1.61. The molecule has 106 valence electrons. The van der Waals surface area contributed by atoms with Gasteiger partial charge in [-0.05, 0) is 56.0 Å². The summed E-state index contributed by atoms with van der Waals surface area (Å²) >= 11 is 5.92. The smallest absolute Gasteiger partial charge is 0.122 e. The largest absolute Gasteiger partial charge is 0.492 e. The maximum atomic E-state index is 5.92.